The second kappa shape index (κ2) is 10.1. The molecule has 10 heteroatoms. The molecule has 0 bridgehead atoms. The second-order valence-corrected chi connectivity index (χ2v) is 6.04. The lowest BCUT2D eigenvalue weighted by Gasteiger charge is -2.20. The van der Waals surface area contributed by atoms with E-state index in [-0.39, 0.29) is 18.6 Å². The number of phenolic OH excluding ortho intramolecular Hbond substituents is 1. The standard InChI is InChI=1S/C17H23N3O7/c1-9(15(24)20-13(17(26)27)6-7-14(22)23)19-16(25)12(18)8-10-2-4-11(21)5-3-10/h2-5,9,12-13,21H,6-8,18H2,1H3,(H,19,25)(H,20,24)(H,22,23)(H,26,27)/t9-,12-,13-/m0/s1. The van der Waals surface area contributed by atoms with Gasteiger partial charge in [-0.05, 0) is 37.5 Å². The molecule has 0 aromatic heterocycles. The molecule has 1 aromatic rings. The van der Waals surface area contributed by atoms with Gasteiger partial charge < -0.3 is 31.7 Å². The summed E-state index contributed by atoms with van der Waals surface area (Å²) in [7, 11) is 0. The van der Waals surface area contributed by atoms with Gasteiger partial charge in [0.2, 0.25) is 11.8 Å². The SMILES string of the molecule is C[C@H](NC(=O)[C@@H](N)Cc1ccc(O)cc1)C(=O)N[C@@H](CCC(=O)O)C(=O)O. The third kappa shape index (κ3) is 7.74. The van der Waals surface area contributed by atoms with Crippen LogP contribution in [-0.2, 0) is 25.6 Å². The summed E-state index contributed by atoms with van der Waals surface area (Å²) in [5, 5.41) is 31.5. The molecule has 27 heavy (non-hydrogen) atoms. The van der Waals surface area contributed by atoms with Crippen LogP contribution >= 0.6 is 0 Å². The first-order chi connectivity index (χ1) is 12.6. The zero-order valence-corrected chi connectivity index (χ0v) is 14.7. The number of aliphatic carboxylic acids is 2. The Kier molecular flexibility index (Phi) is 8.21. The summed E-state index contributed by atoms with van der Waals surface area (Å²) in [4.78, 5) is 45.8. The number of rotatable bonds is 10. The number of aromatic hydroxyl groups is 1. The molecule has 0 heterocycles. The molecule has 0 fully saturated rings. The minimum absolute atomic E-state index is 0.0814. The summed E-state index contributed by atoms with van der Waals surface area (Å²) < 4.78 is 0. The zero-order chi connectivity index (χ0) is 20.6. The molecule has 7 N–H and O–H groups in total. The van der Waals surface area contributed by atoms with Crippen LogP contribution in [0.2, 0.25) is 0 Å². The number of amides is 2. The fourth-order valence-electron chi connectivity index (χ4n) is 2.19. The van der Waals surface area contributed by atoms with Crippen molar-refractivity contribution in [1.29, 1.82) is 0 Å². The van der Waals surface area contributed by atoms with Gasteiger partial charge in [0.05, 0.1) is 6.04 Å². The number of nitrogens with two attached hydrogens (primary N) is 1. The van der Waals surface area contributed by atoms with E-state index < -0.39 is 48.3 Å². The van der Waals surface area contributed by atoms with Crippen molar-refractivity contribution in [2.24, 2.45) is 5.73 Å². The molecular weight excluding hydrogens is 358 g/mol. The number of carbonyl (C=O) groups is 4. The second-order valence-electron chi connectivity index (χ2n) is 6.04. The van der Waals surface area contributed by atoms with E-state index in [1.807, 2.05) is 0 Å². The number of carboxylic acid groups (broad SMARTS) is 2. The van der Waals surface area contributed by atoms with Crippen LogP contribution in [0.3, 0.4) is 0 Å². The van der Waals surface area contributed by atoms with Gasteiger partial charge in [-0.1, -0.05) is 12.1 Å². The molecule has 1 aromatic carbocycles. The minimum Gasteiger partial charge on any atom is -0.508 e. The van der Waals surface area contributed by atoms with Gasteiger partial charge in [0.1, 0.15) is 17.8 Å². The normalized spacial score (nSPS) is 13.9. The smallest absolute Gasteiger partial charge is 0.326 e. The third-order valence-corrected chi connectivity index (χ3v) is 3.74. The van der Waals surface area contributed by atoms with Crippen LogP contribution in [0.15, 0.2) is 24.3 Å². The largest absolute Gasteiger partial charge is 0.508 e. The Balaban J connectivity index is 2.56. The van der Waals surface area contributed by atoms with E-state index in [0.29, 0.717) is 5.56 Å². The molecule has 2 amide bonds. The van der Waals surface area contributed by atoms with Gasteiger partial charge in [0.25, 0.3) is 0 Å². The van der Waals surface area contributed by atoms with E-state index in [4.69, 9.17) is 15.9 Å². The maximum absolute atomic E-state index is 12.1. The monoisotopic (exact) mass is 381 g/mol. The first kappa shape index (κ1) is 21.9. The van der Waals surface area contributed by atoms with Crippen LogP contribution in [0.4, 0.5) is 0 Å². The number of benzene rings is 1. The lowest BCUT2D eigenvalue weighted by molar-refractivity contribution is -0.143. The van der Waals surface area contributed by atoms with E-state index in [1.165, 1.54) is 19.1 Å². The van der Waals surface area contributed by atoms with Crippen LogP contribution in [0, 0.1) is 0 Å². The van der Waals surface area contributed by atoms with E-state index in [9.17, 15) is 24.3 Å². The van der Waals surface area contributed by atoms with E-state index >= 15 is 0 Å². The third-order valence-electron chi connectivity index (χ3n) is 3.74. The molecule has 10 nitrogen and oxygen atoms in total. The average molecular weight is 381 g/mol. The van der Waals surface area contributed by atoms with Crippen molar-refractivity contribution in [3.63, 3.8) is 0 Å². The van der Waals surface area contributed by atoms with E-state index in [2.05, 4.69) is 10.6 Å². The molecular formula is C17H23N3O7. The summed E-state index contributed by atoms with van der Waals surface area (Å²) in [5.41, 5.74) is 6.52. The quantitative estimate of drug-likeness (QED) is 0.305. The molecule has 0 saturated heterocycles. The molecule has 0 aliphatic rings. The topological polar surface area (TPSA) is 179 Å². The van der Waals surface area contributed by atoms with Crippen molar-refractivity contribution in [2.75, 3.05) is 0 Å². The fraction of sp³-hybridized carbons (Fsp3) is 0.412. The lowest BCUT2D eigenvalue weighted by Crippen LogP contribution is -2.53. The van der Waals surface area contributed by atoms with E-state index in [0.717, 1.165) is 0 Å². The van der Waals surface area contributed by atoms with Crippen molar-refractivity contribution < 1.29 is 34.5 Å². The van der Waals surface area contributed by atoms with Gasteiger partial charge in [0.15, 0.2) is 0 Å². The van der Waals surface area contributed by atoms with Crippen LogP contribution in [0.25, 0.3) is 0 Å². The Bertz CT molecular complexity index is 690. The molecule has 1 rings (SSSR count). The van der Waals surface area contributed by atoms with Crippen LogP contribution in [0.5, 0.6) is 5.75 Å². The highest BCUT2D eigenvalue weighted by Crippen LogP contribution is 2.11. The lowest BCUT2D eigenvalue weighted by atomic mass is 10.1. The Hall–Kier alpha value is -3.14. The van der Waals surface area contributed by atoms with Gasteiger partial charge in [-0.15, -0.1) is 0 Å². The van der Waals surface area contributed by atoms with Gasteiger partial charge in [-0.2, -0.15) is 0 Å². The van der Waals surface area contributed by atoms with E-state index in [1.54, 1.807) is 12.1 Å². The Labute approximate surface area is 155 Å². The number of hydrogen-bond acceptors (Lipinski definition) is 6. The number of phenols is 1. The van der Waals surface area contributed by atoms with Crippen molar-refractivity contribution in [1.82, 2.24) is 10.6 Å². The predicted octanol–water partition coefficient (Wildman–Crippen LogP) is -0.799. The summed E-state index contributed by atoms with van der Waals surface area (Å²) in [6, 6.07) is 2.75. The fourth-order valence-corrected chi connectivity index (χ4v) is 2.19. The van der Waals surface area contributed by atoms with Gasteiger partial charge in [-0.25, -0.2) is 4.79 Å². The number of carboxylic acids is 2. The summed E-state index contributed by atoms with van der Waals surface area (Å²) in [5.74, 6) is -3.84. The van der Waals surface area contributed by atoms with Crippen molar-refractivity contribution in [3.05, 3.63) is 29.8 Å². The maximum atomic E-state index is 12.1. The molecule has 0 spiro atoms. The first-order valence-corrected chi connectivity index (χ1v) is 8.19. The average Bonchev–Trinajstić information content (AvgIpc) is 2.59. The number of carbonyl (C=O) groups excluding carboxylic acids is 2. The van der Waals surface area contributed by atoms with Crippen molar-refractivity contribution >= 4 is 23.8 Å². The minimum atomic E-state index is -1.38. The molecule has 0 unspecified atom stereocenters. The van der Waals surface area contributed by atoms with Crippen LogP contribution in [0.1, 0.15) is 25.3 Å². The Morgan fingerprint density at radius 2 is 1.63 bits per heavy atom. The summed E-state index contributed by atoms with van der Waals surface area (Å²) in [6.45, 7) is 1.36. The zero-order valence-electron chi connectivity index (χ0n) is 14.7. The van der Waals surface area contributed by atoms with Gasteiger partial charge in [0, 0.05) is 6.42 Å². The number of nitrogens with one attached hydrogen (secondary N) is 2. The maximum Gasteiger partial charge on any atom is 0.326 e. The highest BCUT2D eigenvalue weighted by atomic mass is 16.4. The summed E-state index contributed by atoms with van der Waals surface area (Å²) in [6.07, 6.45) is -0.524. The Morgan fingerprint density at radius 1 is 1.04 bits per heavy atom. The van der Waals surface area contributed by atoms with Gasteiger partial charge in [-0.3, -0.25) is 14.4 Å². The summed E-state index contributed by atoms with van der Waals surface area (Å²) >= 11 is 0. The van der Waals surface area contributed by atoms with Crippen LogP contribution < -0.4 is 16.4 Å². The molecule has 0 radical (unpaired) electrons. The predicted molar refractivity (Wildman–Crippen MR) is 93.8 cm³/mol. The first-order valence-electron chi connectivity index (χ1n) is 8.19. The molecule has 0 aliphatic carbocycles. The Morgan fingerprint density at radius 3 is 2.15 bits per heavy atom. The molecule has 0 saturated carbocycles. The molecule has 3 atom stereocenters. The highest BCUT2D eigenvalue weighted by molar-refractivity contribution is 5.91. The van der Waals surface area contributed by atoms with Crippen LogP contribution in [-0.4, -0.2) is 57.2 Å². The highest BCUT2D eigenvalue weighted by Gasteiger charge is 2.25. The van der Waals surface area contributed by atoms with Crippen molar-refractivity contribution in [2.45, 2.75) is 44.3 Å². The molecule has 0 aliphatic heterocycles. The van der Waals surface area contributed by atoms with Crippen molar-refractivity contribution in [3.8, 4) is 5.75 Å². The molecule has 148 valence electrons. The number of hydrogen-bond donors (Lipinski definition) is 6. The van der Waals surface area contributed by atoms with Gasteiger partial charge >= 0.3 is 11.9 Å².